The third kappa shape index (κ3) is 4.25. The van der Waals surface area contributed by atoms with Gasteiger partial charge in [-0.05, 0) is 12.1 Å². The van der Waals surface area contributed by atoms with E-state index in [0.717, 1.165) is 15.9 Å². The van der Waals surface area contributed by atoms with Gasteiger partial charge in [-0.25, -0.2) is 4.68 Å². The molecule has 0 aliphatic heterocycles. The first kappa shape index (κ1) is 20.4. The summed E-state index contributed by atoms with van der Waals surface area (Å²) in [5.74, 6) is -0.878. The quantitative estimate of drug-likeness (QED) is 0.383. The zero-order valence-electron chi connectivity index (χ0n) is 13.6. The van der Waals surface area contributed by atoms with Crippen molar-refractivity contribution in [3.05, 3.63) is 43.5 Å². The number of nitrogens with zero attached hydrogens (tertiary/aromatic N) is 4. The van der Waals surface area contributed by atoms with Crippen molar-refractivity contribution in [1.29, 1.82) is 0 Å². The minimum absolute atomic E-state index is 0.0273. The van der Waals surface area contributed by atoms with Crippen LogP contribution in [0.3, 0.4) is 0 Å². The summed E-state index contributed by atoms with van der Waals surface area (Å²) in [6.45, 7) is 1.31. The summed E-state index contributed by atoms with van der Waals surface area (Å²) in [7, 11) is 1.45. The molecule has 0 aliphatic carbocycles. The van der Waals surface area contributed by atoms with Crippen molar-refractivity contribution in [2.45, 2.75) is 6.92 Å². The van der Waals surface area contributed by atoms with Crippen LogP contribution < -0.4 is 5.06 Å². The molecular weight excluding hydrogens is 411 g/mol. The molecular formula is C14H13Cl3N4O5. The smallest absolute Gasteiger partial charge is 0.334 e. The fourth-order valence-corrected chi connectivity index (χ4v) is 3.04. The highest BCUT2D eigenvalue weighted by molar-refractivity contribution is 6.40. The van der Waals surface area contributed by atoms with Crippen LogP contribution in [-0.2, 0) is 14.4 Å². The van der Waals surface area contributed by atoms with Crippen molar-refractivity contribution in [2.24, 2.45) is 0 Å². The highest BCUT2D eigenvalue weighted by Gasteiger charge is 2.32. The van der Waals surface area contributed by atoms with Crippen molar-refractivity contribution >= 4 is 52.2 Å². The SMILES string of the molecule is COCCON(C(C)=O)c1c([N+](=O)[O-])cnn1-c1c(Cl)cc(Cl)cc1Cl. The Balaban J connectivity index is 2.66. The molecule has 1 heterocycles. The number of hydroxylamine groups is 1. The molecule has 1 aromatic carbocycles. The molecule has 1 amide bonds. The van der Waals surface area contributed by atoms with Gasteiger partial charge >= 0.3 is 5.69 Å². The number of nitro groups is 1. The van der Waals surface area contributed by atoms with Gasteiger partial charge in [0.15, 0.2) is 0 Å². The fourth-order valence-electron chi connectivity index (χ4n) is 2.07. The average Bonchev–Trinajstić information content (AvgIpc) is 2.94. The molecule has 0 aliphatic rings. The molecule has 0 fully saturated rings. The van der Waals surface area contributed by atoms with E-state index in [9.17, 15) is 14.9 Å². The third-order valence-electron chi connectivity index (χ3n) is 3.10. The highest BCUT2D eigenvalue weighted by Crippen LogP contribution is 2.38. The van der Waals surface area contributed by atoms with E-state index in [2.05, 4.69) is 5.10 Å². The molecule has 0 unspecified atom stereocenters. The highest BCUT2D eigenvalue weighted by atomic mass is 35.5. The molecule has 12 heteroatoms. The van der Waals surface area contributed by atoms with Crippen molar-refractivity contribution in [3.8, 4) is 5.69 Å². The van der Waals surface area contributed by atoms with Crippen LogP contribution in [0.4, 0.5) is 11.5 Å². The van der Waals surface area contributed by atoms with Crippen LogP contribution >= 0.6 is 34.8 Å². The van der Waals surface area contributed by atoms with Gasteiger partial charge in [0.2, 0.25) is 11.7 Å². The van der Waals surface area contributed by atoms with E-state index < -0.39 is 16.5 Å². The first-order chi connectivity index (χ1) is 12.3. The normalized spacial score (nSPS) is 10.8. The predicted molar refractivity (Wildman–Crippen MR) is 96.2 cm³/mol. The Kier molecular flexibility index (Phi) is 6.79. The lowest BCUT2D eigenvalue weighted by molar-refractivity contribution is -0.384. The van der Waals surface area contributed by atoms with Crippen molar-refractivity contribution in [3.63, 3.8) is 0 Å². The standard InChI is InChI=1S/C14H13Cl3N4O5/c1-8(22)20(26-4-3-25-2)14-12(21(23)24)7-18-19(14)13-10(16)5-9(15)6-11(13)17/h5-7H,3-4H2,1-2H3. The summed E-state index contributed by atoms with van der Waals surface area (Å²) in [6.07, 6.45) is 0.965. The molecule has 2 rings (SSSR count). The van der Waals surface area contributed by atoms with Gasteiger partial charge in [0.05, 0.1) is 28.2 Å². The monoisotopic (exact) mass is 422 g/mol. The Morgan fingerprint density at radius 1 is 1.31 bits per heavy atom. The number of methoxy groups -OCH3 is 1. The number of aromatic nitrogens is 2. The number of hydrogen-bond acceptors (Lipinski definition) is 6. The van der Waals surface area contributed by atoms with E-state index in [1.165, 1.54) is 26.2 Å². The molecule has 0 atom stereocenters. The first-order valence-corrected chi connectivity index (χ1v) is 8.21. The summed E-state index contributed by atoms with van der Waals surface area (Å²) in [5, 5.41) is 16.5. The second-order valence-electron chi connectivity index (χ2n) is 4.88. The van der Waals surface area contributed by atoms with E-state index in [0.29, 0.717) is 0 Å². The van der Waals surface area contributed by atoms with E-state index >= 15 is 0 Å². The summed E-state index contributed by atoms with van der Waals surface area (Å²) in [4.78, 5) is 28.0. The lowest BCUT2D eigenvalue weighted by Crippen LogP contribution is -2.32. The van der Waals surface area contributed by atoms with Gasteiger partial charge in [-0.2, -0.15) is 10.2 Å². The van der Waals surface area contributed by atoms with Crippen LogP contribution in [0.15, 0.2) is 18.3 Å². The van der Waals surface area contributed by atoms with Crippen molar-refractivity contribution in [2.75, 3.05) is 25.4 Å². The topological polar surface area (TPSA) is 99.7 Å². The van der Waals surface area contributed by atoms with Gasteiger partial charge in [0.25, 0.3) is 0 Å². The molecule has 1 aromatic heterocycles. The number of benzene rings is 1. The van der Waals surface area contributed by atoms with E-state index in [1.807, 2.05) is 0 Å². The lowest BCUT2D eigenvalue weighted by Gasteiger charge is -2.21. The first-order valence-electron chi connectivity index (χ1n) is 7.07. The van der Waals surface area contributed by atoms with Gasteiger partial charge in [0, 0.05) is 19.1 Å². The Labute approximate surface area is 163 Å². The number of amides is 1. The Morgan fingerprint density at radius 2 is 1.92 bits per heavy atom. The van der Waals surface area contributed by atoms with Crippen LogP contribution in [0.2, 0.25) is 15.1 Å². The number of anilines is 1. The lowest BCUT2D eigenvalue weighted by atomic mass is 10.3. The van der Waals surface area contributed by atoms with E-state index in [4.69, 9.17) is 44.4 Å². The van der Waals surface area contributed by atoms with Gasteiger partial charge < -0.3 is 4.74 Å². The Morgan fingerprint density at radius 3 is 2.42 bits per heavy atom. The Hall–Kier alpha value is -1.91. The second kappa shape index (κ2) is 8.65. The summed E-state index contributed by atoms with van der Waals surface area (Å²) < 4.78 is 5.91. The zero-order valence-corrected chi connectivity index (χ0v) is 15.9. The van der Waals surface area contributed by atoms with Gasteiger partial charge in [-0.15, -0.1) is 0 Å². The summed E-state index contributed by atoms with van der Waals surface area (Å²) in [5.41, 5.74) is -0.359. The third-order valence-corrected chi connectivity index (χ3v) is 3.90. The van der Waals surface area contributed by atoms with Crippen LogP contribution in [0.25, 0.3) is 5.69 Å². The maximum absolute atomic E-state index is 12.0. The van der Waals surface area contributed by atoms with E-state index in [-0.39, 0.29) is 39.8 Å². The molecule has 0 N–H and O–H groups in total. The van der Waals surface area contributed by atoms with E-state index in [1.54, 1.807) is 0 Å². The maximum atomic E-state index is 12.0. The second-order valence-corrected chi connectivity index (χ2v) is 6.13. The van der Waals surface area contributed by atoms with Crippen molar-refractivity contribution in [1.82, 2.24) is 9.78 Å². The minimum Gasteiger partial charge on any atom is -0.382 e. The molecule has 9 nitrogen and oxygen atoms in total. The van der Waals surface area contributed by atoms with Gasteiger partial charge in [0.1, 0.15) is 11.9 Å². The summed E-state index contributed by atoms with van der Waals surface area (Å²) in [6, 6.07) is 2.79. The van der Waals surface area contributed by atoms with Gasteiger partial charge in [-0.1, -0.05) is 34.8 Å². The number of ether oxygens (including phenoxy) is 1. The minimum atomic E-state index is -0.702. The average molecular weight is 424 g/mol. The number of rotatable bonds is 7. The van der Waals surface area contributed by atoms with Crippen molar-refractivity contribution < 1.29 is 19.3 Å². The van der Waals surface area contributed by atoms with Crippen LogP contribution in [0.1, 0.15) is 6.92 Å². The maximum Gasteiger partial charge on any atom is 0.334 e. The predicted octanol–water partition coefficient (Wildman–Crippen LogP) is 3.67. The summed E-state index contributed by atoms with van der Waals surface area (Å²) >= 11 is 18.2. The molecule has 0 bridgehead atoms. The molecule has 26 heavy (non-hydrogen) atoms. The zero-order chi connectivity index (χ0) is 19.4. The fraction of sp³-hybridized carbons (Fsp3) is 0.286. The largest absolute Gasteiger partial charge is 0.382 e. The number of halogens is 3. The molecule has 0 spiro atoms. The molecule has 0 radical (unpaired) electrons. The number of hydrogen-bond donors (Lipinski definition) is 0. The molecule has 0 saturated heterocycles. The number of carbonyl (C=O) groups is 1. The van der Waals surface area contributed by atoms with Gasteiger partial charge in [-0.3, -0.25) is 19.7 Å². The number of carbonyl (C=O) groups excluding carboxylic acids is 1. The molecule has 140 valence electrons. The Bertz CT molecular complexity index is 819. The molecule has 2 aromatic rings. The van der Waals surface area contributed by atoms with Crippen LogP contribution in [-0.4, -0.2) is 40.9 Å². The molecule has 0 saturated carbocycles. The van der Waals surface area contributed by atoms with Crippen LogP contribution in [0, 0.1) is 10.1 Å². The van der Waals surface area contributed by atoms with Crippen LogP contribution in [0.5, 0.6) is 0 Å².